The normalized spacial score (nSPS) is 13.7. The van der Waals surface area contributed by atoms with Crippen molar-refractivity contribution < 1.29 is 22.8 Å². The number of nitrogens with one attached hydrogen (secondary N) is 1. The summed E-state index contributed by atoms with van der Waals surface area (Å²) in [6.07, 6.45) is 0.229. The average molecular weight is 446 g/mol. The molecule has 1 aromatic carbocycles. The van der Waals surface area contributed by atoms with Crippen LogP contribution >= 0.6 is 0 Å². The van der Waals surface area contributed by atoms with Crippen LogP contribution in [0.2, 0.25) is 0 Å². The molecule has 3 heterocycles. The fourth-order valence-corrected chi connectivity index (χ4v) is 3.55. The lowest BCUT2D eigenvalue weighted by atomic mass is 10.2. The Labute approximate surface area is 181 Å². The number of hydrogen-bond acceptors (Lipinski definition) is 4. The van der Waals surface area contributed by atoms with E-state index in [4.69, 9.17) is 0 Å². The lowest BCUT2D eigenvalue weighted by Crippen LogP contribution is -2.38. The molecule has 0 saturated heterocycles. The standard InChI is InChI=1S/C21H21F3N6O2/c22-21(23,24)19-17(13-30(27-19)15-5-2-1-3-6-15)20(32)26-8-4-7-18(31)28-9-10-29-14-25-11-16(29)12-28/h1-3,5-6,11,13-14H,4,7-10,12H2,(H,26,32). The number of carbonyl (C=O) groups is 2. The first-order valence-corrected chi connectivity index (χ1v) is 10.1. The summed E-state index contributed by atoms with van der Waals surface area (Å²) in [6.45, 7) is 1.79. The predicted molar refractivity (Wildman–Crippen MR) is 108 cm³/mol. The Kier molecular flexibility index (Phi) is 5.97. The maximum absolute atomic E-state index is 13.4. The third-order valence-electron chi connectivity index (χ3n) is 5.22. The van der Waals surface area contributed by atoms with Gasteiger partial charge in [-0.15, -0.1) is 0 Å². The first-order chi connectivity index (χ1) is 15.3. The predicted octanol–water partition coefficient (Wildman–Crippen LogP) is 2.64. The zero-order valence-electron chi connectivity index (χ0n) is 17.0. The van der Waals surface area contributed by atoms with Crippen molar-refractivity contribution in [3.8, 4) is 5.69 Å². The summed E-state index contributed by atoms with van der Waals surface area (Å²) in [5.74, 6) is -0.951. The highest BCUT2D eigenvalue weighted by Crippen LogP contribution is 2.31. The number of alkyl halides is 3. The van der Waals surface area contributed by atoms with Gasteiger partial charge in [0.2, 0.25) is 5.91 Å². The highest BCUT2D eigenvalue weighted by molar-refractivity contribution is 5.95. The molecular formula is C21H21F3N6O2. The van der Waals surface area contributed by atoms with Gasteiger partial charge in [0, 0.05) is 38.4 Å². The van der Waals surface area contributed by atoms with Gasteiger partial charge in [-0.3, -0.25) is 9.59 Å². The van der Waals surface area contributed by atoms with E-state index >= 15 is 0 Å². The molecule has 0 radical (unpaired) electrons. The minimum atomic E-state index is -4.77. The number of benzene rings is 1. The van der Waals surface area contributed by atoms with E-state index < -0.39 is 23.3 Å². The monoisotopic (exact) mass is 446 g/mol. The van der Waals surface area contributed by atoms with E-state index in [1.165, 1.54) is 0 Å². The van der Waals surface area contributed by atoms with E-state index in [9.17, 15) is 22.8 Å². The molecule has 3 aromatic rings. The Balaban J connectivity index is 1.34. The number of para-hydroxylation sites is 1. The molecule has 4 rings (SSSR count). The highest BCUT2D eigenvalue weighted by Gasteiger charge is 2.39. The van der Waals surface area contributed by atoms with Crippen LogP contribution in [0.25, 0.3) is 5.69 Å². The van der Waals surface area contributed by atoms with Crippen molar-refractivity contribution in [2.24, 2.45) is 0 Å². The second kappa shape index (κ2) is 8.85. The molecule has 1 aliphatic heterocycles. The number of imidazole rings is 1. The molecule has 0 spiro atoms. The molecule has 1 aliphatic rings. The van der Waals surface area contributed by atoms with Crippen LogP contribution in [-0.2, 0) is 24.1 Å². The molecule has 0 unspecified atom stereocenters. The van der Waals surface area contributed by atoms with Crippen LogP contribution in [0.5, 0.6) is 0 Å². The molecule has 1 N–H and O–H groups in total. The third kappa shape index (κ3) is 4.66. The van der Waals surface area contributed by atoms with Gasteiger partial charge in [-0.05, 0) is 18.6 Å². The summed E-state index contributed by atoms with van der Waals surface area (Å²) in [5.41, 5.74) is -0.449. The third-order valence-corrected chi connectivity index (χ3v) is 5.22. The molecule has 0 fully saturated rings. The quantitative estimate of drug-likeness (QED) is 0.590. The van der Waals surface area contributed by atoms with Gasteiger partial charge >= 0.3 is 6.18 Å². The first-order valence-electron chi connectivity index (χ1n) is 10.1. The van der Waals surface area contributed by atoms with Crippen LogP contribution < -0.4 is 5.32 Å². The highest BCUT2D eigenvalue weighted by atomic mass is 19.4. The molecule has 0 saturated carbocycles. The van der Waals surface area contributed by atoms with Gasteiger partial charge in [-0.1, -0.05) is 18.2 Å². The molecule has 168 valence electrons. The van der Waals surface area contributed by atoms with E-state index in [-0.39, 0.29) is 18.9 Å². The van der Waals surface area contributed by atoms with Crippen molar-refractivity contribution in [1.82, 2.24) is 29.5 Å². The topological polar surface area (TPSA) is 85.0 Å². The van der Waals surface area contributed by atoms with Crippen LogP contribution in [0.3, 0.4) is 0 Å². The van der Waals surface area contributed by atoms with E-state index in [2.05, 4.69) is 15.4 Å². The average Bonchev–Trinajstić information content (AvgIpc) is 3.43. The second-order valence-electron chi connectivity index (χ2n) is 7.42. The summed E-state index contributed by atoms with van der Waals surface area (Å²) in [4.78, 5) is 30.6. The Morgan fingerprint density at radius 1 is 1.12 bits per heavy atom. The lowest BCUT2D eigenvalue weighted by Gasteiger charge is -2.28. The summed E-state index contributed by atoms with van der Waals surface area (Å²) >= 11 is 0. The fraction of sp³-hybridized carbons (Fsp3) is 0.333. The van der Waals surface area contributed by atoms with Gasteiger partial charge in [0.25, 0.3) is 5.91 Å². The Morgan fingerprint density at radius 3 is 2.66 bits per heavy atom. The van der Waals surface area contributed by atoms with Gasteiger partial charge < -0.3 is 14.8 Å². The number of hydrogen-bond donors (Lipinski definition) is 1. The molecule has 11 heteroatoms. The van der Waals surface area contributed by atoms with Gasteiger partial charge in [0.1, 0.15) is 0 Å². The zero-order valence-corrected chi connectivity index (χ0v) is 17.0. The number of halogens is 3. The van der Waals surface area contributed by atoms with Crippen molar-refractivity contribution >= 4 is 11.8 Å². The lowest BCUT2D eigenvalue weighted by molar-refractivity contribution is -0.141. The number of aromatic nitrogens is 4. The van der Waals surface area contributed by atoms with Crippen LogP contribution in [0.1, 0.15) is 34.6 Å². The van der Waals surface area contributed by atoms with Gasteiger partial charge in [0.05, 0.1) is 29.8 Å². The fourth-order valence-electron chi connectivity index (χ4n) is 3.55. The maximum Gasteiger partial charge on any atom is 0.435 e. The largest absolute Gasteiger partial charge is 0.435 e. The van der Waals surface area contributed by atoms with Crippen molar-refractivity contribution in [2.45, 2.75) is 32.1 Å². The Morgan fingerprint density at radius 2 is 1.91 bits per heavy atom. The number of carbonyl (C=O) groups excluding carboxylic acids is 2. The van der Waals surface area contributed by atoms with Gasteiger partial charge in [0.15, 0.2) is 5.69 Å². The second-order valence-corrected chi connectivity index (χ2v) is 7.42. The van der Waals surface area contributed by atoms with E-state index in [0.717, 1.165) is 16.6 Å². The Bertz CT molecular complexity index is 1110. The van der Waals surface area contributed by atoms with Gasteiger partial charge in [-0.2, -0.15) is 18.3 Å². The smallest absolute Gasteiger partial charge is 0.352 e. The summed E-state index contributed by atoms with van der Waals surface area (Å²) < 4.78 is 43.2. The molecule has 2 aromatic heterocycles. The van der Waals surface area contributed by atoms with E-state index in [0.29, 0.717) is 31.7 Å². The van der Waals surface area contributed by atoms with Crippen LogP contribution in [0.15, 0.2) is 49.1 Å². The maximum atomic E-state index is 13.4. The molecular weight excluding hydrogens is 425 g/mol. The van der Waals surface area contributed by atoms with Crippen molar-refractivity contribution in [1.29, 1.82) is 0 Å². The molecule has 32 heavy (non-hydrogen) atoms. The van der Waals surface area contributed by atoms with Crippen LogP contribution in [-0.4, -0.2) is 49.1 Å². The number of amides is 2. The summed E-state index contributed by atoms with van der Waals surface area (Å²) in [5, 5.41) is 6.04. The minimum Gasteiger partial charge on any atom is -0.352 e. The number of nitrogens with zero attached hydrogens (tertiary/aromatic N) is 5. The molecule has 0 aliphatic carbocycles. The van der Waals surface area contributed by atoms with Crippen LogP contribution in [0, 0.1) is 0 Å². The van der Waals surface area contributed by atoms with Crippen LogP contribution in [0.4, 0.5) is 13.2 Å². The number of fused-ring (bicyclic) bond motifs is 1. The molecule has 8 nitrogen and oxygen atoms in total. The van der Waals surface area contributed by atoms with E-state index in [1.807, 2.05) is 4.57 Å². The summed E-state index contributed by atoms with van der Waals surface area (Å²) in [6, 6.07) is 8.24. The molecule has 2 amide bonds. The van der Waals surface area contributed by atoms with Crippen molar-refractivity contribution in [2.75, 3.05) is 13.1 Å². The van der Waals surface area contributed by atoms with Gasteiger partial charge in [-0.25, -0.2) is 9.67 Å². The SMILES string of the molecule is O=C(NCCCC(=O)N1CCn2cncc2C1)c1cn(-c2ccccc2)nc1C(F)(F)F. The number of rotatable bonds is 6. The Hall–Kier alpha value is -3.63. The molecule has 0 atom stereocenters. The minimum absolute atomic E-state index is 0.0698. The summed E-state index contributed by atoms with van der Waals surface area (Å²) in [7, 11) is 0. The van der Waals surface area contributed by atoms with Crippen molar-refractivity contribution in [3.05, 3.63) is 66.0 Å². The van der Waals surface area contributed by atoms with E-state index in [1.54, 1.807) is 47.8 Å². The van der Waals surface area contributed by atoms with Crippen molar-refractivity contribution in [3.63, 3.8) is 0 Å². The zero-order chi connectivity index (χ0) is 22.7. The first kappa shape index (κ1) is 21.6. The molecule has 0 bridgehead atoms.